The Morgan fingerprint density at radius 1 is 1.09 bits per heavy atom. The van der Waals surface area contributed by atoms with Gasteiger partial charge in [-0.15, -0.1) is 0 Å². The van der Waals surface area contributed by atoms with Gasteiger partial charge in [0.2, 0.25) is 10.0 Å². The molecule has 0 saturated heterocycles. The second-order valence-corrected chi connectivity index (χ2v) is 7.33. The fraction of sp³-hybridized carbons (Fsp3) is 0.250. The number of rotatable bonds is 6. The summed E-state index contributed by atoms with van der Waals surface area (Å²) in [6, 6.07) is 11.9. The quantitative estimate of drug-likeness (QED) is 0.814. The van der Waals surface area contributed by atoms with Crippen LogP contribution in [0.2, 0.25) is 10.0 Å². The van der Waals surface area contributed by atoms with E-state index in [1.54, 1.807) is 0 Å². The summed E-state index contributed by atoms with van der Waals surface area (Å²) in [5, 5.41) is 0.0197. The maximum atomic E-state index is 12.7. The van der Waals surface area contributed by atoms with E-state index in [4.69, 9.17) is 27.9 Å². The lowest BCUT2D eigenvalue weighted by atomic mass is 10.1. The first-order valence-electron chi connectivity index (χ1n) is 7.00. The number of halogens is 2. The zero-order chi connectivity index (χ0) is 17.0. The monoisotopic (exact) mass is 373 g/mol. The predicted octanol–water partition coefficient (Wildman–Crippen LogP) is 4.43. The molecule has 0 aliphatic carbocycles. The van der Waals surface area contributed by atoms with Crippen molar-refractivity contribution in [3.63, 3.8) is 0 Å². The maximum Gasteiger partial charge on any atom is 0.242 e. The van der Waals surface area contributed by atoms with Crippen LogP contribution >= 0.6 is 23.2 Å². The van der Waals surface area contributed by atoms with Gasteiger partial charge in [0.05, 0.1) is 12.1 Å². The fourth-order valence-corrected chi connectivity index (χ4v) is 4.35. The highest BCUT2D eigenvalue weighted by molar-refractivity contribution is 7.89. The molecular weight excluding hydrogens is 357 g/mol. The van der Waals surface area contributed by atoms with E-state index in [1.165, 1.54) is 19.2 Å². The number of sulfonamides is 1. The Kier molecular flexibility index (Phi) is 5.92. The summed E-state index contributed by atoms with van der Waals surface area (Å²) < 4.78 is 33.0. The maximum absolute atomic E-state index is 12.7. The van der Waals surface area contributed by atoms with Gasteiger partial charge in [0.25, 0.3) is 0 Å². The van der Waals surface area contributed by atoms with Crippen molar-refractivity contribution in [2.75, 3.05) is 7.11 Å². The zero-order valence-electron chi connectivity index (χ0n) is 12.7. The Balaban J connectivity index is 2.37. The van der Waals surface area contributed by atoms with Crippen LogP contribution in [0.3, 0.4) is 0 Å². The third kappa shape index (κ3) is 3.98. The largest absolute Gasteiger partial charge is 0.495 e. The topological polar surface area (TPSA) is 55.4 Å². The Morgan fingerprint density at radius 3 is 2.30 bits per heavy atom. The highest BCUT2D eigenvalue weighted by Gasteiger charge is 2.25. The number of benzene rings is 2. The first-order chi connectivity index (χ1) is 10.9. The molecule has 0 aromatic heterocycles. The fourth-order valence-electron chi connectivity index (χ4n) is 2.20. The van der Waals surface area contributed by atoms with E-state index in [9.17, 15) is 8.42 Å². The molecule has 0 amide bonds. The molecule has 0 aliphatic rings. The average Bonchev–Trinajstić information content (AvgIpc) is 2.55. The van der Waals surface area contributed by atoms with Crippen molar-refractivity contribution in [2.24, 2.45) is 0 Å². The number of hydrogen-bond donors (Lipinski definition) is 1. The third-order valence-corrected chi connectivity index (χ3v) is 5.92. The van der Waals surface area contributed by atoms with Crippen molar-refractivity contribution >= 4 is 33.2 Å². The van der Waals surface area contributed by atoms with Crippen molar-refractivity contribution in [3.8, 4) is 5.75 Å². The Morgan fingerprint density at radius 2 is 1.74 bits per heavy atom. The zero-order valence-corrected chi connectivity index (χ0v) is 15.0. The number of ether oxygens (including phenoxy) is 1. The van der Waals surface area contributed by atoms with Crippen LogP contribution in [-0.2, 0) is 10.0 Å². The third-order valence-electron chi connectivity index (χ3n) is 3.43. The second-order valence-electron chi connectivity index (χ2n) is 4.89. The summed E-state index contributed by atoms with van der Waals surface area (Å²) in [5.74, 6) is 0.325. The van der Waals surface area contributed by atoms with E-state index in [2.05, 4.69) is 4.72 Å². The van der Waals surface area contributed by atoms with E-state index < -0.39 is 10.0 Å². The van der Waals surface area contributed by atoms with Crippen molar-refractivity contribution in [1.29, 1.82) is 0 Å². The standard InChI is InChI=1S/C16H17Cl2NO3S/c1-3-12(11-7-5-4-6-8-11)19-23(20,21)14-10-9-13(22-2)15(17)16(14)18/h4-10,12,19H,3H2,1-2H3/t12-/m0/s1. The van der Waals surface area contributed by atoms with Gasteiger partial charge in [0.15, 0.2) is 0 Å². The molecule has 1 N–H and O–H groups in total. The minimum absolute atomic E-state index is 0.0542. The van der Waals surface area contributed by atoms with Gasteiger partial charge in [0.1, 0.15) is 15.7 Å². The Labute approximate surface area is 146 Å². The minimum atomic E-state index is -3.82. The average molecular weight is 374 g/mol. The van der Waals surface area contributed by atoms with Crippen LogP contribution in [0, 0.1) is 0 Å². The first-order valence-corrected chi connectivity index (χ1v) is 9.24. The molecule has 0 fully saturated rings. The molecule has 23 heavy (non-hydrogen) atoms. The van der Waals surface area contributed by atoms with Gasteiger partial charge in [-0.05, 0) is 24.1 Å². The molecule has 2 rings (SSSR count). The van der Waals surface area contributed by atoms with Gasteiger partial charge in [-0.25, -0.2) is 13.1 Å². The summed E-state index contributed by atoms with van der Waals surface area (Å²) in [6.07, 6.45) is 0.602. The molecule has 0 bridgehead atoms. The molecule has 0 saturated carbocycles. The van der Waals surface area contributed by atoms with Gasteiger partial charge >= 0.3 is 0 Å². The van der Waals surface area contributed by atoms with Gasteiger partial charge < -0.3 is 4.74 Å². The summed E-state index contributed by atoms with van der Waals surface area (Å²) in [6.45, 7) is 1.91. The van der Waals surface area contributed by atoms with Crippen LogP contribution in [0.15, 0.2) is 47.4 Å². The summed E-state index contributed by atoms with van der Waals surface area (Å²) in [4.78, 5) is -0.0700. The summed E-state index contributed by atoms with van der Waals surface area (Å²) in [7, 11) is -2.38. The summed E-state index contributed by atoms with van der Waals surface area (Å²) in [5.41, 5.74) is 0.884. The Bertz CT molecular complexity index is 779. The molecule has 4 nitrogen and oxygen atoms in total. The van der Waals surface area contributed by atoms with E-state index >= 15 is 0 Å². The van der Waals surface area contributed by atoms with Crippen LogP contribution in [0.1, 0.15) is 24.9 Å². The van der Waals surface area contributed by atoms with E-state index in [0.29, 0.717) is 12.2 Å². The van der Waals surface area contributed by atoms with E-state index in [0.717, 1.165) is 5.56 Å². The number of hydrogen-bond acceptors (Lipinski definition) is 3. The van der Waals surface area contributed by atoms with Crippen molar-refractivity contribution in [1.82, 2.24) is 4.72 Å². The molecule has 7 heteroatoms. The van der Waals surface area contributed by atoms with E-state index in [1.807, 2.05) is 37.3 Å². The highest BCUT2D eigenvalue weighted by atomic mass is 35.5. The van der Waals surface area contributed by atoms with Crippen LogP contribution in [-0.4, -0.2) is 15.5 Å². The van der Waals surface area contributed by atoms with Gasteiger partial charge in [0, 0.05) is 6.04 Å². The van der Waals surface area contributed by atoms with Gasteiger partial charge in [-0.2, -0.15) is 0 Å². The number of methoxy groups -OCH3 is 1. The lowest BCUT2D eigenvalue weighted by Gasteiger charge is -2.18. The molecule has 0 heterocycles. The molecule has 0 aliphatic heterocycles. The van der Waals surface area contributed by atoms with Crippen molar-refractivity contribution < 1.29 is 13.2 Å². The van der Waals surface area contributed by atoms with E-state index in [-0.39, 0.29) is 21.0 Å². The summed E-state index contributed by atoms with van der Waals surface area (Å²) >= 11 is 12.1. The molecule has 2 aromatic rings. The lowest BCUT2D eigenvalue weighted by molar-refractivity contribution is 0.414. The lowest BCUT2D eigenvalue weighted by Crippen LogP contribution is -2.28. The molecule has 0 spiro atoms. The predicted molar refractivity (Wildman–Crippen MR) is 92.8 cm³/mol. The highest BCUT2D eigenvalue weighted by Crippen LogP contribution is 2.37. The molecular formula is C16H17Cl2NO3S. The van der Waals surface area contributed by atoms with Crippen LogP contribution in [0.5, 0.6) is 5.75 Å². The molecule has 0 unspecified atom stereocenters. The van der Waals surface area contributed by atoms with Crippen molar-refractivity contribution in [2.45, 2.75) is 24.3 Å². The normalized spacial score (nSPS) is 12.9. The molecule has 0 radical (unpaired) electrons. The molecule has 1 atom stereocenters. The second kappa shape index (κ2) is 7.53. The number of nitrogens with one attached hydrogen (secondary N) is 1. The first kappa shape index (κ1) is 18.1. The van der Waals surface area contributed by atoms with Crippen molar-refractivity contribution in [3.05, 3.63) is 58.1 Å². The van der Waals surface area contributed by atoms with Crippen LogP contribution in [0.4, 0.5) is 0 Å². The van der Waals surface area contributed by atoms with Gasteiger partial charge in [-0.3, -0.25) is 0 Å². The Hall–Kier alpha value is -1.27. The molecule has 2 aromatic carbocycles. The van der Waals surface area contributed by atoms with Crippen LogP contribution < -0.4 is 9.46 Å². The smallest absolute Gasteiger partial charge is 0.242 e. The molecule has 124 valence electrons. The SMILES string of the molecule is CC[C@H](NS(=O)(=O)c1ccc(OC)c(Cl)c1Cl)c1ccccc1. The van der Waals surface area contributed by atoms with Crippen LogP contribution in [0.25, 0.3) is 0 Å². The van der Waals surface area contributed by atoms with Gasteiger partial charge in [-0.1, -0.05) is 60.5 Å². The minimum Gasteiger partial charge on any atom is -0.495 e.